The number of primary amides is 1. The molecule has 0 aliphatic heterocycles. The molecule has 2 aromatic carbocycles. The molecular formula is C17H18FN3O2. The maximum atomic E-state index is 12.8. The molecule has 4 N–H and O–H groups in total. The fourth-order valence-electron chi connectivity index (χ4n) is 2.09. The molecule has 0 aliphatic carbocycles. The fourth-order valence-corrected chi connectivity index (χ4v) is 2.09. The van der Waals surface area contributed by atoms with Crippen molar-refractivity contribution in [3.63, 3.8) is 0 Å². The maximum Gasteiger partial charge on any atom is 0.250 e. The third-order valence-corrected chi connectivity index (χ3v) is 3.28. The molecule has 0 aromatic heterocycles. The van der Waals surface area contributed by atoms with E-state index in [-0.39, 0.29) is 18.3 Å². The first-order valence-corrected chi connectivity index (χ1v) is 7.20. The van der Waals surface area contributed by atoms with Crippen LogP contribution in [0.3, 0.4) is 0 Å². The van der Waals surface area contributed by atoms with Crippen LogP contribution in [-0.2, 0) is 11.2 Å². The number of anilines is 1. The normalized spacial score (nSPS) is 10.1. The first-order valence-electron chi connectivity index (χ1n) is 7.20. The summed E-state index contributed by atoms with van der Waals surface area (Å²) in [4.78, 5) is 23.1. The zero-order valence-electron chi connectivity index (χ0n) is 12.5. The quantitative estimate of drug-likeness (QED) is 0.727. The van der Waals surface area contributed by atoms with E-state index in [1.54, 1.807) is 36.4 Å². The third kappa shape index (κ3) is 5.10. The lowest BCUT2D eigenvalue weighted by Crippen LogP contribution is -2.31. The molecule has 0 bridgehead atoms. The highest BCUT2D eigenvalue weighted by atomic mass is 19.1. The minimum Gasteiger partial charge on any atom is -0.376 e. The molecule has 0 heterocycles. The van der Waals surface area contributed by atoms with E-state index in [2.05, 4.69) is 10.6 Å². The molecule has 0 aliphatic rings. The number of carbonyl (C=O) groups excluding carboxylic acids is 2. The number of nitrogens with one attached hydrogen (secondary N) is 2. The summed E-state index contributed by atoms with van der Waals surface area (Å²) in [5.41, 5.74) is 7.07. The largest absolute Gasteiger partial charge is 0.376 e. The SMILES string of the molecule is NC(=O)c1ccccc1NCC(=O)NCCc1ccc(F)cc1. The smallest absolute Gasteiger partial charge is 0.250 e. The van der Waals surface area contributed by atoms with E-state index in [4.69, 9.17) is 5.73 Å². The van der Waals surface area contributed by atoms with Crippen molar-refractivity contribution in [3.8, 4) is 0 Å². The van der Waals surface area contributed by atoms with E-state index < -0.39 is 5.91 Å². The number of halogens is 1. The standard InChI is InChI=1S/C17H18FN3O2/c18-13-7-5-12(6-8-13)9-10-20-16(22)11-21-15-4-2-1-3-14(15)17(19)23/h1-8,21H,9-11H2,(H2,19,23)(H,20,22). The number of rotatable bonds is 7. The predicted molar refractivity (Wildman–Crippen MR) is 86.6 cm³/mol. The highest BCUT2D eigenvalue weighted by molar-refractivity contribution is 5.98. The Bertz CT molecular complexity index is 686. The van der Waals surface area contributed by atoms with Crippen molar-refractivity contribution in [2.45, 2.75) is 6.42 Å². The van der Waals surface area contributed by atoms with Gasteiger partial charge in [0, 0.05) is 12.2 Å². The van der Waals surface area contributed by atoms with E-state index in [0.29, 0.717) is 24.2 Å². The van der Waals surface area contributed by atoms with Crippen molar-refractivity contribution < 1.29 is 14.0 Å². The van der Waals surface area contributed by atoms with E-state index in [1.807, 2.05) is 0 Å². The molecule has 6 heteroatoms. The summed E-state index contributed by atoms with van der Waals surface area (Å²) >= 11 is 0. The Hall–Kier alpha value is -2.89. The van der Waals surface area contributed by atoms with Crippen LogP contribution >= 0.6 is 0 Å². The summed E-state index contributed by atoms with van der Waals surface area (Å²) in [7, 11) is 0. The van der Waals surface area contributed by atoms with Crippen LogP contribution in [0.2, 0.25) is 0 Å². The van der Waals surface area contributed by atoms with Gasteiger partial charge in [-0.15, -0.1) is 0 Å². The second kappa shape index (κ2) is 7.93. The van der Waals surface area contributed by atoms with Gasteiger partial charge in [0.05, 0.1) is 12.1 Å². The molecule has 5 nitrogen and oxygen atoms in total. The molecule has 0 spiro atoms. The lowest BCUT2D eigenvalue weighted by Gasteiger charge is -2.10. The van der Waals surface area contributed by atoms with Crippen LogP contribution in [0.1, 0.15) is 15.9 Å². The molecule has 23 heavy (non-hydrogen) atoms. The first-order chi connectivity index (χ1) is 11.1. The summed E-state index contributed by atoms with van der Waals surface area (Å²) in [5.74, 6) is -1.04. The fraction of sp³-hybridized carbons (Fsp3) is 0.176. The van der Waals surface area contributed by atoms with Gasteiger partial charge < -0.3 is 16.4 Å². The van der Waals surface area contributed by atoms with E-state index >= 15 is 0 Å². The van der Waals surface area contributed by atoms with E-state index in [0.717, 1.165) is 5.56 Å². The molecule has 0 unspecified atom stereocenters. The van der Waals surface area contributed by atoms with Gasteiger partial charge >= 0.3 is 0 Å². The Balaban J connectivity index is 1.77. The van der Waals surface area contributed by atoms with Gasteiger partial charge in [-0.25, -0.2) is 4.39 Å². The highest BCUT2D eigenvalue weighted by Crippen LogP contribution is 2.13. The van der Waals surface area contributed by atoms with Gasteiger partial charge in [0.25, 0.3) is 5.91 Å². The van der Waals surface area contributed by atoms with Crippen LogP contribution in [0.15, 0.2) is 48.5 Å². The van der Waals surface area contributed by atoms with E-state index in [9.17, 15) is 14.0 Å². The molecule has 2 aromatic rings. The third-order valence-electron chi connectivity index (χ3n) is 3.28. The molecule has 2 amide bonds. The monoisotopic (exact) mass is 315 g/mol. The van der Waals surface area contributed by atoms with Crippen LogP contribution in [-0.4, -0.2) is 24.9 Å². The average molecular weight is 315 g/mol. The molecule has 0 atom stereocenters. The van der Waals surface area contributed by atoms with Gasteiger partial charge in [0.1, 0.15) is 5.82 Å². The topological polar surface area (TPSA) is 84.2 Å². The minimum absolute atomic E-state index is 0.0354. The maximum absolute atomic E-state index is 12.8. The number of nitrogens with two attached hydrogens (primary N) is 1. The van der Waals surface area contributed by atoms with Crippen LogP contribution in [0, 0.1) is 5.82 Å². The van der Waals surface area contributed by atoms with Gasteiger partial charge in [-0.3, -0.25) is 9.59 Å². The molecule has 0 fully saturated rings. The van der Waals surface area contributed by atoms with Crippen molar-refractivity contribution in [1.82, 2.24) is 5.32 Å². The number of hydrogen-bond acceptors (Lipinski definition) is 3. The van der Waals surface area contributed by atoms with Gasteiger partial charge in [-0.05, 0) is 36.2 Å². The molecule has 120 valence electrons. The number of benzene rings is 2. The number of amides is 2. The minimum atomic E-state index is -0.551. The average Bonchev–Trinajstić information content (AvgIpc) is 2.55. The van der Waals surface area contributed by atoms with Crippen molar-refractivity contribution in [2.24, 2.45) is 5.73 Å². The van der Waals surface area contributed by atoms with Crippen LogP contribution in [0.4, 0.5) is 10.1 Å². The van der Waals surface area contributed by atoms with Crippen molar-refractivity contribution >= 4 is 17.5 Å². The lowest BCUT2D eigenvalue weighted by molar-refractivity contribution is -0.119. The molecular weight excluding hydrogens is 297 g/mol. The summed E-state index contributed by atoms with van der Waals surface area (Å²) < 4.78 is 12.8. The Morgan fingerprint density at radius 3 is 2.43 bits per heavy atom. The van der Waals surface area contributed by atoms with E-state index in [1.165, 1.54) is 12.1 Å². The number of carbonyl (C=O) groups is 2. The van der Waals surface area contributed by atoms with Gasteiger partial charge in [-0.1, -0.05) is 24.3 Å². The Labute approximate surface area is 133 Å². The Morgan fingerprint density at radius 2 is 1.74 bits per heavy atom. The molecule has 0 saturated carbocycles. The number of hydrogen-bond donors (Lipinski definition) is 3. The molecule has 2 rings (SSSR count). The summed E-state index contributed by atoms with van der Waals surface area (Å²) in [6, 6.07) is 12.9. The van der Waals surface area contributed by atoms with Crippen molar-refractivity contribution in [1.29, 1.82) is 0 Å². The predicted octanol–water partition coefficient (Wildman–Crippen LogP) is 1.70. The molecule has 0 radical (unpaired) electrons. The second-order valence-corrected chi connectivity index (χ2v) is 4.99. The zero-order chi connectivity index (χ0) is 16.7. The van der Waals surface area contributed by atoms with Gasteiger partial charge in [-0.2, -0.15) is 0 Å². The van der Waals surface area contributed by atoms with Crippen LogP contribution in [0.5, 0.6) is 0 Å². The summed E-state index contributed by atoms with van der Waals surface area (Å²) in [5, 5.41) is 5.64. The zero-order valence-corrected chi connectivity index (χ0v) is 12.5. The van der Waals surface area contributed by atoms with Crippen molar-refractivity contribution in [3.05, 3.63) is 65.5 Å². The lowest BCUT2D eigenvalue weighted by atomic mass is 10.1. The second-order valence-electron chi connectivity index (χ2n) is 4.99. The van der Waals surface area contributed by atoms with Crippen molar-refractivity contribution in [2.75, 3.05) is 18.4 Å². The Kier molecular flexibility index (Phi) is 5.68. The highest BCUT2D eigenvalue weighted by Gasteiger charge is 2.08. The number of para-hydroxylation sites is 1. The van der Waals surface area contributed by atoms with Crippen LogP contribution < -0.4 is 16.4 Å². The summed E-state index contributed by atoms with van der Waals surface area (Å²) in [6.45, 7) is 0.483. The molecule has 0 saturated heterocycles. The van der Waals surface area contributed by atoms with Crippen LogP contribution in [0.25, 0.3) is 0 Å². The Morgan fingerprint density at radius 1 is 1.04 bits per heavy atom. The summed E-state index contributed by atoms with van der Waals surface area (Å²) in [6.07, 6.45) is 0.615. The van der Waals surface area contributed by atoms with Gasteiger partial charge in [0.2, 0.25) is 5.91 Å². The first kappa shape index (κ1) is 16.5. The van der Waals surface area contributed by atoms with Gasteiger partial charge in [0.15, 0.2) is 0 Å².